The van der Waals surface area contributed by atoms with Crippen LogP contribution in [0.2, 0.25) is 0 Å². The van der Waals surface area contributed by atoms with E-state index in [4.69, 9.17) is 9.47 Å². The summed E-state index contributed by atoms with van der Waals surface area (Å²) in [6.07, 6.45) is 0. The van der Waals surface area contributed by atoms with Crippen molar-refractivity contribution in [2.75, 3.05) is 34.4 Å². The number of nitrogens with one attached hydrogen (secondary N) is 1. The second-order valence-corrected chi connectivity index (χ2v) is 4.81. The van der Waals surface area contributed by atoms with Gasteiger partial charge in [-0.15, -0.1) is 0 Å². The van der Waals surface area contributed by atoms with Crippen LogP contribution in [0.15, 0.2) is 18.2 Å². The topological polar surface area (TPSA) is 33.7 Å². The van der Waals surface area contributed by atoms with Crippen molar-refractivity contribution in [3.63, 3.8) is 0 Å². The predicted molar refractivity (Wildman–Crippen MR) is 79.0 cm³/mol. The Bertz CT molecular complexity index is 382. The van der Waals surface area contributed by atoms with Crippen LogP contribution < -0.4 is 14.8 Å². The van der Waals surface area contributed by atoms with Crippen LogP contribution in [0.1, 0.15) is 19.4 Å². The Morgan fingerprint density at radius 2 is 2.00 bits per heavy atom. The summed E-state index contributed by atoms with van der Waals surface area (Å²) < 4.78 is 10.6. The first-order valence-corrected chi connectivity index (χ1v) is 6.73. The second-order valence-electron chi connectivity index (χ2n) is 4.81. The van der Waals surface area contributed by atoms with Gasteiger partial charge in [0.1, 0.15) is 11.5 Å². The number of rotatable bonds is 8. The zero-order valence-electron chi connectivity index (χ0n) is 12.7. The summed E-state index contributed by atoms with van der Waals surface area (Å²) in [6.45, 7) is 7.23. The minimum absolute atomic E-state index is 0.431. The molecule has 0 heterocycles. The largest absolute Gasteiger partial charge is 0.497 e. The Morgan fingerprint density at radius 3 is 2.58 bits per heavy atom. The number of benzene rings is 1. The van der Waals surface area contributed by atoms with E-state index in [1.54, 1.807) is 14.2 Å². The molecule has 4 heteroatoms. The van der Waals surface area contributed by atoms with Crippen molar-refractivity contribution in [3.8, 4) is 11.5 Å². The normalized spacial score (nSPS) is 12.5. The third-order valence-electron chi connectivity index (χ3n) is 3.25. The maximum atomic E-state index is 5.37. The van der Waals surface area contributed by atoms with E-state index in [0.29, 0.717) is 6.04 Å². The van der Waals surface area contributed by atoms with E-state index in [2.05, 4.69) is 31.1 Å². The summed E-state index contributed by atoms with van der Waals surface area (Å²) in [6, 6.07) is 6.30. The average molecular weight is 266 g/mol. The molecule has 0 aromatic heterocycles. The van der Waals surface area contributed by atoms with Gasteiger partial charge in [-0.25, -0.2) is 0 Å². The molecule has 108 valence electrons. The molecular formula is C15H26N2O2. The molecule has 0 fully saturated rings. The summed E-state index contributed by atoms with van der Waals surface area (Å²) >= 11 is 0. The minimum Gasteiger partial charge on any atom is -0.497 e. The van der Waals surface area contributed by atoms with E-state index in [-0.39, 0.29) is 0 Å². The Kier molecular flexibility index (Phi) is 6.67. The molecule has 0 amide bonds. The van der Waals surface area contributed by atoms with Crippen LogP contribution in [-0.4, -0.2) is 45.3 Å². The van der Waals surface area contributed by atoms with Gasteiger partial charge in [-0.05, 0) is 38.7 Å². The van der Waals surface area contributed by atoms with E-state index in [1.807, 2.05) is 18.2 Å². The molecule has 0 saturated carbocycles. The van der Waals surface area contributed by atoms with Gasteiger partial charge in [0.05, 0.1) is 14.2 Å². The number of hydrogen-bond donors (Lipinski definition) is 1. The molecule has 1 N–H and O–H groups in total. The van der Waals surface area contributed by atoms with Gasteiger partial charge >= 0.3 is 0 Å². The molecule has 0 aliphatic heterocycles. The number of likely N-dealkylation sites (N-methyl/N-ethyl adjacent to an activating group) is 1. The van der Waals surface area contributed by atoms with Gasteiger partial charge in [-0.2, -0.15) is 0 Å². The van der Waals surface area contributed by atoms with Crippen molar-refractivity contribution < 1.29 is 9.47 Å². The lowest BCUT2D eigenvalue weighted by atomic mass is 10.1. The van der Waals surface area contributed by atoms with Crippen LogP contribution in [0.5, 0.6) is 11.5 Å². The van der Waals surface area contributed by atoms with Crippen molar-refractivity contribution in [2.45, 2.75) is 26.4 Å². The summed E-state index contributed by atoms with van der Waals surface area (Å²) in [5.41, 5.74) is 1.12. The molecule has 1 atom stereocenters. The highest BCUT2D eigenvalue weighted by molar-refractivity contribution is 5.40. The smallest absolute Gasteiger partial charge is 0.123 e. The summed E-state index contributed by atoms with van der Waals surface area (Å²) in [5.74, 6) is 1.75. The zero-order chi connectivity index (χ0) is 14.3. The van der Waals surface area contributed by atoms with Crippen LogP contribution in [0, 0.1) is 0 Å². The highest BCUT2D eigenvalue weighted by Crippen LogP contribution is 2.23. The number of ether oxygens (including phenoxy) is 2. The molecular weight excluding hydrogens is 240 g/mol. The summed E-state index contributed by atoms with van der Waals surface area (Å²) in [7, 11) is 5.50. The molecule has 0 bridgehead atoms. The first-order chi connectivity index (χ1) is 9.10. The Balaban J connectivity index is 2.60. The van der Waals surface area contributed by atoms with E-state index in [0.717, 1.165) is 36.7 Å². The number of nitrogens with zero attached hydrogens (tertiary/aromatic N) is 1. The van der Waals surface area contributed by atoms with E-state index in [1.165, 1.54) is 0 Å². The molecule has 1 aromatic carbocycles. The SMILES string of the molecule is CCN(C)CC(C)NCc1cc(OC)ccc1OC. The minimum atomic E-state index is 0.431. The lowest BCUT2D eigenvalue weighted by Gasteiger charge is -2.21. The molecule has 19 heavy (non-hydrogen) atoms. The van der Waals surface area contributed by atoms with Crippen molar-refractivity contribution >= 4 is 0 Å². The first-order valence-electron chi connectivity index (χ1n) is 6.73. The molecule has 1 rings (SSSR count). The Labute approximate surface area is 116 Å². The van der Waals surface area contributed by atoms with Gasteiger partial charge in [0, 0.05) is 24.7 Å². The van der Waals surface area contributed by atoms with Gasteiger partial charge in [-0.1, -0.05) is 6.92 Å². The van der Waals surface area contributed by atoms with E-state index < -0.39 is 0 Å². The standard InChI is InChI=1S/C15H26N2O2/c1-6-17(3)11-12(2)16-10-13-9-14(18-4)7-8-15(13)19-5/h7-9,12,16H,6,10-11H2,1-5H3. The van der Waals surface area contributed by atoms with Gasteiger partial charge < -0.3 is 19.7 Å². The van der Waals surface area contributed by atoms with Crippen LogP contribution in [0.4, 0.5) is 0 Å². The summed E-state index contributed by atoms with van der Waals surface area (Å²) in [4.78, 5) is 2.29. The lowest BCUT2D eigenvalue weighted by molar-refractivity contribution is 0.308. The fourth-order valence-electron chi connectivity index (χ4n) is 1.97. The average Bonchev–Trinajstić information content (AvgIpc) is 2.44. The van der Waals surface area contributed by atoms with Crippen LogP contribution in [-0.2, 0) is 6.54 Å². The second kappa shape index (κ2) is 8.02. The van der Waals surface area contributed by atoms with Gasteiger partial charge in [0.15, 0.2) is 0 Å². The first kappa shape index (κ1) is 15.8. The van der Waals surface area contributed by atoms with Crippen molar-refractivity contribution in [3.05, 3.63) is 23.8 Å². The van der Waals surface area contributed by atoms with Crippen molar-refractivity contribution in [1.82, 2.24) is 10.2 Å². The van der Waals surface area contributed by atoms with Gasteiger partial charge in [0.25, 0.3) is 0 Å². The van der Waals surface area contributed by atoms with Gasteiger partial charge in [-0.3, -0.25) is 0 Å². The van der Waals surface area contributed by atoms with Crippen molar-refractivity contribution in [2.24, 2.45) is 0 Å². The van der Waals surface area contributed by atoms with Crippen LogP contribution >= 0.6 is 0 Å². The molecule has 4 nitrogen and oxygen atoms in total. The third kappa shape index (κ3) is 5.09. The predicted octanol–water partition coefficient (Wildman–Crippen LogP) is 2.13. The Hall–Kier alpha value is -1.26. The van der Waals surface area contributed by atoms with E-state index >= 15 is 0 Å². The zero-order valence-corrected chi connectivity index (χ0v) is 12.7. The summed E-state index contributed by atoms with van der Waals surface area (Å²) in [5, 5.41) is 3.51. The molecule has 0 aliphatic rings. The molecule has 0 spiro atoms. The van der Waals surface area contributed by atoms with Crippen LogP contribution in [0.3, 0.4) is 0 Å². The van der Waals surface area contributed by atoms with Crippen LogP contribution in [0.25, 0.3) is 0 Å². The maximum Gasteiger partial charge on any atom is 0.123 e. The lowest BCUT2D eigenvalue weighted by Crippen LogP contribution is -2.37. The molecule has 0 radical (unpaired) electrons. The number of hydrogen-bond acceptors (Lipinski definition) is 4. The molecule has 1 unspecified atom stereocenters. The molecule has 0 aliphatic carbocycles. The fraction of sp³-hybridized carbons (Fsp3) is 0.600. The molecule has 1 aromatic rings. The van der Waals surface area contributed by atoms with E-state index in [9.17, 15) is 0 Å². The van der Waals surface area contributed by atoms with Crippen molar-refractivity contribution in [1.29, 1.82) is 0 Å². The highest BCUT2D eigenvalue weighted by Gasteiger charge is 2.08. The monoisotopic (exact) mass is 266 g/mol. The quantitative estimate of drug-likeness (QED) is 0.781. The fourth-order valence-corrected chi connectivity index (χ4v) is 1.97. The highest BCUT2D eigenvalue weighted by atomic mass is 16.5. The number of methoxy groups -OCH3 is 2. The maximum absolute atomic E-state index is 5.37. The third-order valence-corrected chi connectivity index (χ3v) is 3.25. The van der Waals surface area contributed by atoms with Gasteiger partial charge in [0.2, 0.25) is 0 Å². The Morgan fingerprint density at radius 1 is 1.26 bits per heavy atom. The molecule has 0 saturated heterocycles.